The van der Waals surface area contributed by atoms with Gasteiger partial charge in [-0.05, 0) is 49.2 Å². The number of benzene rings is 1. The minimum Gasteiger partial charge on any atom is -0.310 e. The lowest BCUT2D eigenvalue weighted by Gasteiger charge is -2.20. The average molecular weight is 307 g/mol. The van der Waals surface area contributed by atoms with Crippen LogP contribution in [0, 0.1) is 12.7 Å². The van der Waals surface area contributed by atoms with Gasteiger partial charge in [0, 0.05) is 24.4 Å². The van der Waals surface area contributed by atoms with E-state index in [-0.39, 0.29) is 16.9 Å². The van der Waals surface area contributed by atoms with Gasteiger partial charge < -0.3 is 5.32 Å². The fraction of sp³-hybridized carbons (Fsp3) is 0.353. The van der Waals surface area contributed by atoms with Crippen molar-refractivity contribution in [3.05, 3.63) is 64.2 Å². The molecule has 0 fully saturated rings. The predicted octanol–water partition coefficient (Wildman–Crippen LogP) is 4.47. The van der Waals surface area contributed by atoms with Crippen LogP contribution in [-0.4, -0.2) is 11.5 Å². The summed E-state index contributed by atoms with van der Waals surface area (Å²) in [7, 11) is 0. The summed E-state index contributed by atoms with van der Waals surface area (Å²) in [5, 5.41) is 3.61. The third-order valence-corrected chi connectivity index (χ3v) is 3.81. The van der Waals surface area contributed by atoms with Crippen LogP contribution in [0.3, 0.4) is 0 Å². The molecular weight excluding hydrogens is 287 g/mol. The molecule has 112 valence electrons. The van der Waals surface area contributed by atoms with Gasteiger partial charge in [0.1, 0.15) is 5.82 Å². The van der Waals surface area contributed by atoms with Crippen molar-refractivity contribution in [2.24, 2.45) is 0 Å². The topological polar surface area (TPSA) is 24.9 Å². The molecule has 21 heavy (non-hydrogen) atoms. The van der Waals surface area contributed by atoms with Crippen molar-refractivity contribution in [1.29, 1.82) is 0 Å². The maximum atomic E-state index is 13.7. The Bertz CT molecular complexity index is 601. The Morgan fingerprint density at radius 2 is 2.14 bits per heavy atom. The Balaban J connectivity index is 2.25. The Morgan fingerprint density at radius 1 is 1.33 bits per heavy atom. The normalized spacial score (nSPS) is 12.4. The highest BCUT2D eigenvalue weighted by Gasteiger charge is 2.15. The molecular formula is C17H20ClFN2. The zero-order chi connectivity index (χ0) is 15.2. The average Bonchev–Trinajstić information content (AvgIpc) is 2.48. The van der Waals surface area contributed by atoms with E-state index in [1.165, 1.54) is 6.07 Å². The van der Waals surface area contributed by atoms with Crippen molar-refractivity contribution < 1.29 is 4.39 Å². The molecule has 1 aromatic heterocycles. The van der Waals surface area contributed by atoms with Crippen LogP contribution in [0.4, 0.5) is 4.39 Å². The van der Waals surface area contributed by atoms with Crippen LogP contribution >= 0.6 is 11.6 Å². The van der Waals surface area contributed by atoms with E-state index in [9.17, 15) is 4.39 Å². The minimum atomic E-state index is -0.379. The zero-order valence-corrected chi connectivity index (χ0v) is 13.1. The van der Waals surface area contributed by atoms with E-state index in [1.807, 2.05) is 25.1 Å². The quantitative estimate of drug-likeness (QED) is 0.852. The Labute approximate surface area is 130 Å². The zero-order valence-electron chi connectivity index (χ0n) is 12.4. The molecule has 0 saturated carbocycles. The summed E-state index contributed by atoms with van der Waals surface area (Å²) in [5.74, 6) is -0.379. The van der Waals surface area contributed by atoms with Crippen molar-refractivity contribution in [2.45, 2.75) is 32.7 Å². The van der Waals surface area contributed by atoms with Crippen molar-refractivity contribution in [1.82, 2.24) is 10.3 Å². The highest BCUT2D eigenvalue weighted by atomic mass is 35.5. The molecule has 0 aliphatic rings. The van der Waals surface area contributed by atoms with Crippen LogP contribution in [0.15, 0.2) is 36.5 Å². The Morgan fingerprint density at radius 3 is 2.81 bits per heavy atom. The maximum Gasteiger partial charge on any atom is 0.142 e. The third kappa shape index (κ3) is 4.26. The molecule has 0 amide bonds. The fourth-order valence-electron chi connectivity index (χ4n) is 2.28. The van der Waals surface area contributed by atoms with E-state index in [4.69, 9.17) is 11.6 Å². The first kappa shape index (κ1) is 15.9. The van der Waals surface area contributed by atoms with Crippen LogP contribution in [-0.2, 0) is 6.42 Å². The largest absolute Gasteiger partial charge is 0.310 e. The molecule has 0 saturated heterocycles. The molecule has 1 aromatic carbocycles. The molecule has 2 nitrogen and oxygen atoms in total. The summed E-state index contributed by atoms with van der Waals surface area (Å²) in [6, 6.07) is 8.99. The lowest BCUT2D eigenvalue weighted by atomic mass is 9.99. The van der Waals surface area contributed by atoms with Gasteiger partial charge in [-0.25, -0.2) is 4.39 Å². The predicted molar refractivity (Wildman–Crippen MR) is 85.1 cm³/mol. The minimum absolute atomic E-state index is 0.0327. The number of hydrogen-bond acceptors (Lipinski definition) is 2. The number of hydrogen-bond donors (Lipinski definition) is 1. The summed E-state index contributed by atoms with van der Waals surface area (Å²) >= 11 is 5.77. The van der Waals surface area contributed by atoms with Gasteiger partial charge in [0.25, 0.3) is 0 Å². The molecule has 4 heteroatoms. The molecule has 0 aliphatic carbocycles. The lowest BCUT2D eigenvalue weighted by Crippen LogP contribution is -2.25. The van der Waals surface area contributed by atoms with E-state index >= 15 is 0 Å². The van der Waals surface area contributed by atoms with E-state index in [1.54, 1.807) is 12.3 Å². The number of aromatic nitrogens is 1. The maximum absolute atomic E-state index is 13.7. The van der Waals surface area contributed by atoms with Crippen LogP contribution in [0.25, 0.3) is 0 Å². The molecule has 2 rings (SSSR count). The van der Waals surface area contributed by atoms with Gasteiger partial charge in [-0.2, -0.15) is 0 Å². The molecule has 1 N–H and O–H groups in total. The van der Waals surface area contributed by atoms with Gasteiger partial charge in [-0.15, -0.1) is 0 Å². The summed E-state index contributed by atoms with van der Waals surface area (Å²) in [5.41, 5.74) is 3.08. The molecule has 0 spiro atoms. The first-order valence-electron chi connectivity index (χ1n) is 7.20. The highest BCUT2D eigenvalue weighted by Crippen LogP contribution is 2.23. The monoisotopic (exact) mass is 306 g/mol. The second-order valence-electron chi connectivity index (χ2n) is 5.15. The second kappa shape index (κ2) is 7.53. The summed E-state index contributed by atoms with van der Waals surface area (Å²) in [6.07, 6.45) is 3.54. The number of rotatable bonds is 6. The standard InChI is InChI=1S/C17H20ClFN2/c1-3-8-20-17(11-16-12(2)5-4-9-21-16)13-6-7-14(18)15(19)10-13/h4-7,9-10,17,20H,3,8,11H2,1-2H3. The molecule has 1 heterocycles. The number of aryl methyl sites for hydroxylation is 1. The second-order valence-corrected chi connectivity index (χ2v) is 5.56. The van der Waals surface area contributed by atoms with Crippen LogP contribution in [0.1, 0.15) is 36.2 Å². The Kier molecular flexibility index (Phi) is 5.71. The van der Waals surface area contributed by atoms with Crippen molar-refractivity contribution in [3.8, 4) is 0 Å². The van der Waals surface area contributed by atoms with Gasteiger partial charge in [0.05, 0.1) is 5.02 Å². The molecule has 0 bridgehead atoms. The molecule has 2 aromatic rings. The van der Waals surface area contributed by atoms with Gasteiger partial charge in [-0.1, -0.05) is 30.7 Å². The van der Waals surface area contributed by atoms with Gasteiger partial charge in [0.15, 0.2) is 0 Å². The highest BCUT2D eigenvalue weighted by molar-refractivity contribution is 6.30. The summed E-state index contributed by atoms with van der Waals surface area (Å²) in [6.45, 7) is 5.03. The van der Waals surface area contributed by atoms with Crippen molar-refractivity contribution in [3.63, 3.8) is 0 Å². The summed E-state index contributed by atoms with van der Waals surface area (Å²) < 4.78 is 13.7. The molecule has 0 aliphatic heterocycles. The van der Waals surface area contributed by atoms with Gasteiger partial charge >= 0.3 is 0 Å². The van der Waals surface area contributed by atoms with Crippen LogP contribution in [0.2, 0.25) is 5.02 Å². The third-order valence-electron chi connectivity index (χ3n) is 3.50. The Hall–Kier alpha value is -1.45. The van der Waals surface area contributed by atoms with Gasteiger partial charge in [0.2, 0.25) is 0 Å². The van der Waals surface area contributed by atoms with E-state index in [2.05, 4.69) is 17.2 Å². The number of halogens is 2. The number of nitrogens with zero attached hydrogens (tertiary/aromatic N) is 1. The van der Waals surface area contributed by atoms with E-state index < -0.39 is 0 Å². The number of pyridine rings is 1. The number of nitrogens with one attached hydrogen (secondary N) is 1. The molecule has 1 unspecified atom stereocenters. The van der Waals surface area contributed by atoms with E-state index in [0.29, 0.717) is 0 Å². The molecule has 1 atom stereocenters. The fourth-order valence-corrected chi connectivity index (χ4v) is 2.40. The van der Waals surface area contributed by atoms with Crippen LogP contribution in [0.5, 0.6) is 0 Å². The smallest absolute Gasteiger partial charge is 0.142 e. The SMILES string of the molecule is CCCNC(Cc1ncccc1C)c1ccc(Cl)c(F)c1. The van der Waals surface area contributed by atoms with Crippen molar-refractivity contribution in [2.75, 3.05) is 6.54 Å². The van der Waals surface area contributed by atoms with Crippen molar-refractivity contribution >= 4 is 11.6 Å². The molecule has 0 radical (unpaired) electrons. The van der Waals surface area contributed by atoms with Gasteiger partial charge in [-0.3, -0.25) is 4.98 Å². The van der Waals surface area contributed by atoms with E-state index in [0.717, 1.165) is 36.2 Å². The van der Waals surface area contributed by atoms with Crippen LogP contribution < -0.4 is 5.32 Å². The summed E-state index contributed by atoms with van der Waals surface area (Å²) in [4.78, 5) is 4.43. The first-order chi connectivity index (χ1) is 10.1. The first-order valence-corrected chi connectivity index (χ1v) is 7.58. The lowest BCUT2D eigenvalue weighted by molar-refractivity contribution is 0.518.